The van der Waals surface area contributed by atoms with Gasteiger partial charge in [-0.1, -0.05) is 18.2 Å². The third-order valence-corrected chi connectivity index (χ3v) is 3.68. The van der Waals surface area contributed by atoms with Crippen LogP contribution in [0.3, 0.4) is 0 Å². The van der Waals surface area contributed by atoms with Crippen molar-refractivity contribution in [2.75, 3.05) is 5.32 Å². The lowest BCUT2D eigenvalue weighted by Gasteiger charge is -2.01. The number of aromatic nitrogens is 3. The molecule has 0 bridgehead atoms. The third-order valence-electron chi connectivity index (χ3n) is 2.87. The molecule has 0 spiro atoms. The summed E-state index contributed by atoms with van der Waals surface area (Å²) < 4.78 is 6.77. The maximum atomic E-state index is 11.8. The summed E-state index contributed by atoms with van der Waals surface area (Å²) in [5.41, 5.74) is 2.11. The number of hydrogen-bond acceptors (Lipinski definition) is 6. The lowest BCUT2D eigenvalue weighted by atomic mass is 10.3. The van der Waals surface area contributed by atoms with E-state index in [1.807, 2.05) is 35.7 Å². The first-order chi connectivity index (χ1) is 10.7. The summed E-state index contributed by atoms with van der Waals surface area (Å²) in [7, 11) is 1.75. The summed E-state index contributed by atoms with van der Waals surface area (Å²) >= 11 is 1.47. The van der Waals surface area contributed by atoms with E-state index in [1.165, 1.54) is 17.5 Å². The molecule has 22 heavy (non-hydrogen) atoms. The number of hydrogen-bond donors (Lipinski definition) is 1. The minimum absolute atomic E-state index is 0.140. The number of nitrogens with one attached hydrogen (secondary N) is 1. The van der Waals surface area contributed by atoms with E-state index in [0.29, 0.717) is 11.3 Å². The van der Waals surface area contributed by atoms with E-state index >= 15 is 0 Å². The summed E-state index contributed by atoms with van der Waals surface area (Å²) in [4.78, 5) is 16.2. The predicted molar refractivity (Wildman–Crippen MR) is 84.2 cm³/mol. The van der Waals surface area contributed by atoms with Crippen LogP contribution in [0.5, 0.6) is 0 Å². The molecule has 0 amide bonds. The Labute approximate surface area is 131 Å². The van der Waals surface area contributed by atoms with Crippen molar-refractivity contribution in [1.82, 2.24) is 14.8 Å². The van der Waals surface area contributed by atoms with Gasteiger partial charge < -0.3 is 10.1 Å². The topological polar surface area (TPSA) is 69.0 Å². The molecule has 0 saturated heterocycles. The second-order valence-electron chi connectivity index (χ2n) is 4.61. The average Bonchev–Trinajstić information content (AvgIpc) is 3.15. The minimum Gasteiger partial charge on any atom is -0.455 e. The highest BCUT2D eigenvalue weighted by Gasteiger charge is 2.11. The van der Waals surface area contributed by atoms with Gasteiger partial charge in [-0.2, -0.15) is 5.10 Å². The number of thiazole rings is 1. The fourth-order valence-corrected chi connectivity index (χ4v) is 2.54. The first-order valence-corrected chi connectivity index (χ1v) is 7.51. The molecule has 7 heteroatoms. The highest BCUT2D eigenvalue weighted by atomic mass is 32.1. The number of carbonyl (C=O) groups excluding carboxylic acids is 1. The van der Waals surface area contributed by atoms with Gasteiger partial charge in [-0.3, -0.25) is 4.68 Å². The molecule has 0 radical (unpaired) electrons. The largest absolute Gasteiger partial charge is 0.455 e. The molecule has 0 aliphatic rings. The van der Waals surface area contributed by atoms with Crippen molar-refractivity contribution in [1.29, 1.82) is 0 Å². The molecule has 1 aromatic carbocycles. The smallest absolute Gasteiger partial charge is 0.341 e. The molecule has 1 N–H and O–H groups in total. The van der Waals surface area contributed by atoms with Crippen molar-refractivity contribution in [2.24, 2.45) is 7.05 Å². The van der Waals surface area contributed by atoms with E-state index in [4.69, 9.17) is 4.74 Å². The van der Waals surface area contributed by atoms with Gasteiger partial charge in [-0.15, -0.1) is 11.3 Å². The maximum Gasteiger partial charge on any atom is 0.341 e. The molecule has 0 aliphatic carbocycles. The van der Waals surface area contributed by atoms with Gasteiger partial charge in [0.1, 0.15) is 6.61 Å². The summed E-state index contributed by atoms with van der Waals surface area (Å²) in [5.74, 6) is -0.404. The molecule has 3 aromatic rings. The number of nitrogens with zero attached hydrogens (tertiary/aromatic N) is 3. The Morgan fingerprint density at radius 1 is 1.36 bits per heavy atom. The fourth-order valence-electron chi connectivity index (χ4n) is 1.83. The zero-order valence-corrected chi connectivity index (χ0v) is 12.7. The predicted octanol–water partition coefficient (Wildman–Crippen LogP) is 2.98. The summed E-state index contributed by atoms with van der Waals surface area (Å²) in [6, 6.07) is 9.78. The average molecular weight is 314 g/mol. The molecule has 2 aromatic heterocycles. The van der Waals surface area contributed by atoms with Gasteiger partial charge >= 0.3 is 5.97 Å². The SMILES string of the molecule is Cn1cc(C(=O)OCc2csc(Nc3ccccc3)n2)cn1. The van der Waals surface area contributed by atoms with Gasteiger partial charge in [-0.25, -0.2) is 9.78 Å². The molecule has 0 aliphatic heterocycles. The molecule has 0 fully saturated rings. The van der Waals surface area contributed by atoms with E-state index in [2.05, 4.69) is 15.4 Å². The van der Waals surface area contributed by atoms with Crippen LogP contribution in [0.4, 0.5) is 10.8 Å². The Bertz CT molecular complexity index is 767. The van der Waals surface area contributed by atoms with Crippen LogP contribution in [0, 0.1) is 0 Å². The van der Waals surface area contributed by atoms with Crippen molar-refractivity contribution < 1.29 is 9.53 Å². The van der Waals surface area contributed by atoms with E-state index in [-0.39, 0.29) is 6.61 Å². The van der Waals surface area contributed by atoms with Gasteiger partial charge in [-0.05, 0) is 12.1 Å². The fraction of sp³-hybridized carbons (Fsp3) is 0.133. The molecule has 2 heterocycles. The monoisotopic (exact) mass is 314 g/mol. The van der Waals surface area contributed by atoms with Gasteiger partial charge in [0.2, 0.25) is 0 Å². The zero-order valence-electron chi connectivity index (χ0n) is 11.9. The van der Waals surface area contributed by atoms with E-state index in [1.54, 1.807) is 17.9 Å². The molecule has 0 atom stereocenters. The van der Waals surface area contributed by atoms with Crippen LogP contribution in [0.1, 0.15) is 16.1 Å². The lowest BCUT2D eigenvalue weighted by Crippen LogP contribution is -2.04. The van der Waals surface area contributed by atoms with Crippen LogP contribution in [0.2, 0.25) is 0 Å². The molecular weight excluding hydrogens is 300 g/mol. The van der Waals surface area contributed by atoms with Gasteiger partial charge in [0, 0.05) is 24.3 Å². The number of benzene rings is 1. The van der Waals surface area contributed by atoms with Crippen LogP contribution in [0.15, 0.2) is 48.1 Å². The number of para-hydroxylation sites is 1. The molecule has 0 unspecified atom stereocenters. The van der Waals surface area contributed by atoms with Crippen molar-refractivity contribution >= 4 is 28.1 Å². The number of aryl methyl sites for hydroxylation is 1. The Kier molecular flexibility index (Phi) is 4.15. The quantitative estimate of drug-likeness (QED) is 0.733. The van der Waals surface area contributed by atoms with E-state index < -0.39 is 5.97 Å². The number of esters is 1. The number of ether oxygens (including phenoxy) is 1. The zero-order chi connectivity index (χ0) is 15.4. The van der Waals surface area contributed by atoms with Gasteiger partial charge in [0.05, 0.1) is 17.5 Å². The van der Waals surface area contributed by atoms with Crippen molar-refractivity contribution in [3.8, 4) is 0 Å². The highest BCUT2D eigenvalue weighted by Crippen LogP contribution is 2.21. The number of rotatable bonds is 5. The van der Waals surface area contributed by atoms with E-state index in [9.17, 15) is 4.79 Å². The first kappa shape index (κ1) is 14.3. The van der Waals surface area contributed by atoms with Crippen LogP contribution in [0.25, 0.3) is 0 Å². The standard InChI is InChI=1S/C15H14N4O2S/c1-19-8-11(7-16-19)14(20)21-9-13-10-22-15(18-13)17-12-5-3-2-4-6-12/h2-8,10H,9H2,1H3,(H,17,18). The Morgan fingerprint density at radius 2 is 2.18 bits per heavy atom. The second-order valence-corrected chi connectivity index (χ2v) is 5.47. The first-order valence-electron chi connectivity index (χ1n) is 6.63. The summed E-state index contributed by atoms with van der Waals surface area (Å²) in [5, 5.41) is 9.76. The van der Waals surface area contributed by atoms with Gasteiger partial charge in [0.15, 0.2) is 5.13 Å². The Morgan fingerprint density at radius 3 is 2.91 bits per heavy atom. The number of carbonyl (C=O) groups is 1. The van der Waals surface area contributed by atoms with Crippen LogP contribution < -0.4 is 5.32 Å². The van der Waals surface area contributed by atoms with E-state index in [0.717, 1.165) is 10.8 Å². The van der Waals surface area contributed by atoms with Crippen molar-refractivity contribution in [2.45, 2.75) is 6.61 Å². The third kappa shape index (κ3) is 3.50. The normalized spacial score (nSPS) is 10.4. The minimum atomic E-state index is -0.404. The molecule has 112 valence electrons. The maximum absolute atomic E-state index is 11.8. The Balaban J connectivity index is 1.57. The summed E-state index contributed by atoms with van der Waals surface area (Å²) in [6.07, 6.45) is 3.09. The highest BCUT2D eigenvalue weighted by molar-refractivity contribution is 7.13. The summed E-state index contributed by atoms with van der Waals surface area (Å²) in [6.45, 7) is 0.140. The Hall–Kier alpha value is -2.67. The molecule has 0 saturated carbocycles. The molecular formula is C15H14N4O2S. The lowest BCUT2D eigenvalue weighted by molar-refractivity contribution is 0.0468. The molecule has 3 rings (SSSR count). The van der Waals surface area contributed by atoms with Crippen LogP contribution in [-0.2, 0) is 18.4 Å². The number of anilines is 2. The van der Waals surface area contributed by atoms with Crippen LogP contribution >= 0.6 is 11.3 Å². The second kappa shape index (κ2) is 6.40. The van der Waals surface area contributed by atoms with Crippen molar-refractivity contribution in [3.63, 3.8) is 0 Å². The van der Waals surface area contributed by atoms with Crippen molar-refractivity contribution in [3.05, 3.63) is 59.4 Å². The van der Waals surface area contributed by atoms with Crippen LogP contribution in [-0.4, -0.2) is 20.7 Å². The molecule has 6 nitrogen and oxygen atoms in total. The van der Waals surface area contributed by atoms with Gasteiger partial charge in [0.25, 0.3) is 0 Å².